The van der Waals surface area contributed by atoms with Gasteiger partial charge in [-0.2, -0.15) is 0 Å². The van der Waals surface area contributed by atoms with Crippen molar-refractivity contribution >= 4 is 32.5 Å². The average Bonchev–Trinajstić information content (AvgIpc) is 2.87. The molecule has 0 aliphatic carbocycles. The molecule has 23 heavy (non-hydrogen) atoms. The summed E-state index contributed by atoms with van der Waals surface area (Å²) in [5, 5.41) is 0. The number of hydrogen-bond acceptors (Lipinski definition) is 1. The van der Waals surface area contributed by atoms with E-state index in [1.165, 1.54) is 0 Å². The van der Waals surface area contributed by atoms with Crippen molar-refractivity contribution in [3.63, 3.8) is 0 Å². The molecule has 2 nitrogen and oxygen atoms in total. The van der Waals surface area contributed by atoms with E-state index in [1.807, 2.05) is 0 Å². The molecule has 1 aromatic rings. The quantitative estimate of drug-likeness (QED) is 0.437. The predicted octanol–water partition coefficient (Wildman–Crippen LogP) is 3.26. The molecule has 13 heteroatoms. The van der Waals surface area contributed by atoms with Gasteiger partial charge < -0.3 is 0 Å². The number of rotatable bonds is 1. The summed E-state index contributed by atoms with van der Waals surface area (Å²) in [7, 11) is 0. The molecule has 0 saturated heterocycles. The Balaban J connectivity index is 2.86. The molecule has 0 unspecified atom stereocenters. The monoisotopic (exact) mass is 481 g/mol. The van der Waals surface area contributed by atoms with E-state index in [0.717, 1.165) is 0 Å². The Hall–Kier alpha value is -0.901. The SMILES string of the molecule is FC(F)(F)c1cc(C(F)(F)F)c(C2=N[Se][Se][N]2)c(C(F)(F)F)c1. The standard InChI is InChI=1S/C10H2F9N2Se2/c11-8(12,13)3-1-4(9(14,15)16)6(7-20-22-23-21-7)5(2-3)10(17,18)19/h1-2H. The molecule has 0 saturated carbocycles. The van der Waals surface area contributed by atoms with Crippen molar-refractivity contribution in [1.29, 1.82) is 0 Å². The Labute approximate surface area is 133 Å². The third-order valence-corrected chi connectivity index (χ3v) is 6.11. The molecule has 2 rings (SSSR count). The third-order valence-electron chi connectivity index (χ3n) is 2.58. The van der Waals surface area contributed by atoms with Crippen LogP contribution in [0.1, 0.15) is 22.3 Å². The van der Waals surface area contributed by atoms with Gasteiger partial charge in [-0.25, -0.2) is 0 Å². The molecule has 0 N–H and O–H groups in total. The zero-order chi connectivity index (χ0) is 17.6. The van der Waals surface area contributed by atoms with Gasteiger partial charge in [-0.1, -0.05) is 0 Å². The van der Waals surface area contributed by atoms with Crippen molar-refractivity contribution in [3.05, 3.63) is 34.4 Å². The Bertz CT molecular complexity index is 610. The van der Waals surface area contributed by atoms with Gasteiger partial charge in [0.25, 0.3) is 0 Å². The maximum absolute atomic E-state index is 13.0. The first-order valence-corrected chi connectivity index (χ1v) is 11.2. The summed E-state index contributed by atoms with van der Waals surface area (Å²) < 4.78 is 123. The zero-order valence-corrected chi connectivity index (χ0v) is 13.7. The Morgan fingerprint density at radius 1 is 0.696 bits per heavy atom. The Kier molecular flexibility index (Phi) is 4.71. The number of hydrogen-bond donors (Lipinski definition) is 0. The zero-order valence-electron chi connectivity index (χ0n) is 10.3. The molecule has 1 aromatic carbocycles. The van der Waals surface area contributed by atoms with Crippen molar-refractivity contribution in [1.82, 2.24) is 4.33 Å². The van der Waals surface area contributed by atoms with Crippen molar-refractivity contribution in [2.45, 2.75) is 18.5 Å². The van der Waals surface area contributed by atoms with Crippen molar-refractivity contribution in [3.8, 4) is 0 Å². The maximum atomic E-state index is 13.0. The molecule has 0 amide bonds. The number of benzene rings is 1. The topological polar surface area (TPSA) is 26.5 Å². The molecule has 0 atom stereocenters. The Morgan fingerprint density at radius 3 is 1.48 bits per heavy atom. The van der Waals surface area contributed by atoms with E-state index >= 15 is 0 Å². The molecule has 0 aromatic heterocycles. The first kappa shape index (κ1) is 18.4. The molecular formula is C10H2F9N2Se2. The summed E-state index contributed by atoms with van der Waals surface area (Å²) in [6.45, 7) is 0. The van der Waals surface area contributed by atoms with Crippen LogP contribution in [0, 0.1) is 0 Å². The van der Waals surface area contributed by atoms with Gasteiger partial charge in [-0.3, -0.25) is 0 Å². The van der Waals surface area contributed by atoms with Crippen LogP contribution in [-0.4, -0.2) is 32.5 Å². The van der Waals surface area contributed by atoms with Crippen LogP contribution >= 0.6 is 0 Å². The first-order valence-electron chi connectivity index (χ1n) is 5.33. The van der Waals surface area contributed by atoms with E-state index in [9.17, 15) is 39.5 Å². The molecule has 1 aliphatic rings. The summed E-state index contributed by atoms with van der Waals surface area (Å²) in [5.74, 6) is -0.793. The van der Waals surface area contributed by atoms with Crippen LogP contribution in [0.15, 0.2) is 16.1 Å². The van der Waals surface area contributed by atoms with Crippen molar-refractivity contribution < 1.29 is 39.5 Å². The van der Waals surface area contributed by atoms with Gasteiger partial charge in [0.05, 0.1) is 0 Å². The van der Waals surface area contributed by atoms with E-state index in [2.05, 4.69) is 8.34 Å². The molecule has 1 heterocycles. The van der Waals surface area contributed by atoms with Crippen LogP contribution in [0.3, 0.4) is 0 Å². The summed E-state index contributed by atoms with van der Waals surface area (Å²) in [5.41, 5.74) is -7.57. The number of halogens is 9. The van der Waals surface area contributed by atoms with E-state index < -0.39 is 73.3 Å². The van der Waals surface area contributed by atoms with Gasteiger partial charge >= 0.3 is 133 Å². The van der Waals surface area contributed by atoms with Crippen LogP contribution in [0.5, 0.6) is 0 Å². The van der Waals surface area contributed by atoms with Gasteiger partial charge in [0, 0.05) is 0 Å². The molecule has 127 valence electrons. The first-order chi connectivity index (χ1) is 10.3. The minimum atomic E-state index is -5.42. The van der Waals surface area contributed by atoms with Crippen LogP contribution in [0.25, 0.3) is 0 Å². The van der Waals surface area contributed by atoms with Crippen LogP contribution in [0.4, 0.5) is 39.5 Å². The molecule has 0 fully saturated rings. The van der Waals surface area contributed by atoms with Crippen molar-refractivity contribution in [2.24, 2.45) is 4.01 Å². The van der Waals surface area contributed by atoms with E-state index in [0.29, 0.717) is 0 Å². The average molecular weight is 479 g/mol. The van der Waals surface area contributed by atoms with Crippen LogP contribution in [0.2, 0.25) is 0 Å². The molecule has 1 radical (unpaired) electrons. The third kappa shape index (κ3) is 3.96. The van der Waals surface area contributed by atoms with E-state index in [1.54, 1.807) is 0 Å². The van der Waals surface area contributed by atoms with Crippen LogP contribution < -0.4 is 4.33 Å². The summed E-state index contributed by atoms with van der Waals surface area (Å²) in [6.07, 6.45) is -16.2. The molecule has 1 aliphatic heterocycles. The van der Waals surface area contributed by atoms with Gasteiger partial charge in [-0.05, 0) is 0 Å². The van der Waals surface area contributed by atoms with Gasteiger partial charge in [-0.15, -0.1) is 0 Å². The van der Waals surface area contributed by atoms with Gasteiger partial charge in [0.2, 0.25) is 0 Å². The second-order valence-corrected chi connectivity index (χ2v) is 8.74. The molecular weight excluding hydrogens is 477 g/mol. The van der Waals surface area contributed by atoms with Gasteiger partial charge in [0.1, 0.15) is 0 Å². The second kappa shape index (κ2) is 5.87. The second-order valence-electron chi connectivity index (χ2n) is 4.09. The van der Waals surface area contributed by atoms with Crippen LogP contribution in [-0.2, 0) is 18.5 Å². The van der Waals surface area contributed by atoms with Gasteiger partial charge in [0.15, 0.2) is 0 Å². The number of nitrogens with zero attached hydrogens (tertiary/aromatic N) is 2. The molecule has 0 spiro atoms. The summed E-state index contributed by atoms with van der Waals surface area (Å²) in [6, 6.07) is -0.693. The normalized spacial score (nSPS) is 16.3. The number of alkyl halides is 9. The fourth-order valence-electron chi connectivity index (χ4n) is 1.71. The fraction of sp³-hybridized carbons (Fsp3) is 0.300. The minimum absolute atomic E-state index is 0.346. The predicted molar refractivity (Wildman–Crippen MR) is 61.6 cm³/mol. The van der Waals surface area contributed by atoms with E-state index in [4.69, 9.17) is 0 Å². The molecule has 0 bridgehead atoms. The van der Waals surface area contributed by atoms with Crippen molar-refractivity contribution in [2.75, 3.05) is 0 Å². The Morgan fingerprint density at radius 2 is 1.17 bits per heavy atom. The summed E-state index contributed by atoms with van der Waals surface area (Å²) in [4.78, 5) is 0. The number of amidine groups is 1. The summed E-state index contributed by atoms with van der Waals surface area (Å²) >= 11 is -1.23. The fourth-order valence-corrected chi connectivity index (χ4v) is 5.22. The van der Waals surface area contributed by atoms with E-state index in [-0.39, 0.29) is 12.1 Å².